The molecule has 0 amide bonds. The summed E-state index contributed by atoms with van der Waals surface area (Å²) in [5.41, 5.74) is 0.549. The molecule has 9 aliphatic rings. The Kier molecular flexibility index (Phi) is 26.9. The third-order valence-electron chi connectivity index (χ3n) is 16.8. The van der Waals surface area contributed by atoms with Crippen LogP contribution in [-0.2, 0) is 37.9 Å². The van der Waals surface area contributed by atoms with Crippen molar-refractivity contribution in [1.82, 2.24) is 0 Å². The molecule has 9 rings (SSSR count). The maximum Gasteiger partial charge on any atom is 0.273 e. The molecule has 0 N–H and O–H groups in total. The van der Waals surface area contributed by atoms with Gasteiger partial charge < -0.3 is 37.9 Å². The molecule has 8 unspecified atom stereocenters. The summed E-state index contributed by atoms with van der Waals surface area (Å²) in [6, 6.07) is 0. The van der Waals surface area contributed by atoms with Gasteiger partial charge in [-0.15, -0.1) is 0 Å². The molecule has 2 spiro atoms. The first kappa shape index (κ1) is 65.8. The van der Waals surface area contributed by atoms with E-state index in [2.05, 4.69) is 111 Å². The molecule has 7 aliphatic heterocycles. The average molecular weight is 1030 g/mol. The van der Waals surface area contributed by atoms with Crippen molar-refractivity contribution in [3.8, 4) is 0 Å². The van der Waals surface area contributed by atoms with Crippen molar-refractivity contribution in [2.24, 2.45) is 58.2 Å². The minimum atomic E-state index is -2.57. The van der Waals surface area contributed by atoms with E-state index >= 15 is 0 Å². The monoisotopic (exact) mass is 1030 g/mol. The molecule has 9 fully saturated rings. The van der Waals surface area contributed by atoms with Crippen LogP contribution in [0.4, 0.5) is 13.2 Å². The molecule has 0 aromatic heterocycles. The summed E-state index contributed by atoms with van der Waals surface area (Å²) in [4.78, 5) is 0. The molecule has 7 heterocycles. The Morgan fingerprint density at radius 1 is 0.375 bits per heavy atom. The van der Waals surface area contributed by atoms with E-state index in [9.17, 15) is 13.2 Å². The summed E-state index contributed by atoms with van der Waals surface area (Å²) in [7, 11) is 0. The van der Waals surface area contributed by atoms with Crippen molar-refractivity contribution < 1.29 is 51.1 Å². The molecule has 72 heavy (non-hydrogen) atoms. The van der Waals surface area contributed by atoms with Crippen LogP contribution in [0, 0.1) is 58.2 Å². The molecule has 0 aromatic rings. The van der Waals surface area contributed by atoms with Crippen LogP contribution in [-0.4, -0.2) is 112 Å². The highest BCUT2D eigenvalue weighted by Gasteiger charge is 2.50. The second kappa shape index (κ2) is 29.4. The Balaban J connectivity index is 0.000000222. The number of hydrogen-bond donors (Lipinski definition) is 0. The van der Waals surface area contributed by atoms with Gasteiger partial charge in [-0.2, -0.15) is 0 Å². The zero-order valence-corrected chi connectivity index (χ0v) is 50.0. The van der Waals surface area contributed by atoms with Crippen LogP contribution >= 0.6 is 0 Å². The lowest BCUT2D eigenvalue weighted by atomic mass is 9.81. The van der Waals surface area contributed by atoms with E-state index in [4.69, 9.17) is 37.9 Å². The van der Waals surface area contributed by atoms with Gasteiger partial charge in [0.15, 0.2) is 0 Å². The second-order valence-corrected chi connectivity index (χ2v) is 27.7. The molecule has 2 saturated carbocycles. The van der Waals surface area contributed by atoms with Crippen LogP contribution in [0.25, 0.3) is 0 Å². The Morgan fingerprint density at radius 3 is 1.14 bits per heavy atom. The van der Waals surface area contributed by atoms with Crippen LogP contribution in [0.1, 0.15) is 221 Å². The summed E-state index contributed by atoms with van der Waals surface area (Å²) in [6.45, 7) is 46.0. The van der Waals surface area contributed by atoms with E-state index in [0.717, 1.165) is 63.8 Å². The zero-order valence-electron chi connectivity index (χ0n) is 50.0. The third-order valence-corrected chi connectivity index (χ3v) is 16.8. The summed E-state index contributed by atoms with van der Waals surface area (Å²) in [5.74, 6) is 2.55. The SMILES string of the molecule is CC(C)C1CC(F)(F)CO1.CC(C)C1CC2(CC2)CO1.CC(C)C1CCC(C)(C)O1.CC(C)C1CCC(C)(F)CO1.CC(C)C1CCC2(CC2)CO1.CC(C)C1CCOC(C)(C)C1.CC(C)C1COCCO1. The molecule has 0 radical (unpaired) electrons. The maximum absolute atomic E-state index is 13.2. The average Bonchev–Trinajstić information content (AvgIpc) is 4.08. The molecular weight excluding hydrogens is 918 g/mol. The lowest BCUT2D eigenvalue weighted by Crippen LogP contribution is -2.37. The maximum atomic E-state index is 13.2. The normalized spacial score (nSPS) is 33.4. The van der Waals surface area contributed by atoms with Gasteiger partial charge in [-0.25, -0.2) is 13.2 Å². The first-order chi connectivity index (χ1) is 33.3. The smallest absolute Gasteiger partial charge is 0.273 e. The van der Waals surface area contributed by atoms with Crippen LogP contribution in [0.5, 0.6) is 0 Å². The van der Waals surface area contributed by atoms with E-state index in [1.165, 1.54) is 70.6 Å². The Hall–Kier alpha value is -0.530. The fourth-order valence-electron chi connectivity index (χ4n) is 10.5. The number of halogens is 3. The largest absolute Gasteiger partial charge is 0.377 e. The van der Waals surface area contributed by atoms with E-state index < -0.39 is 18.2 Å². The predicted molar refractivity (Wildman–Crippen MR) is 290 cm³/mol. The predicted octanol–water partition coefficient (Wildman–Crippen LogP) is 15.9. The van der Waals surface area contributed by atoms with Crippen LogP contribution in [0.3, 0.4) is 0 Å². The lowest BCUT2D eigenvalue weighted by Gasteiger charge is -2.37. The number of hydrogen-bond acceptors (Lipinski definition) is 8. The van der Waals surface area contributed by atoms with E-state index in [-0.39, 0.29) is 42.4 Å². The topological polar surface area (TPSA) is 73.8 Å². The highest BCUT2D eigenvalue weighted by Crippen LogP contribution is 2.55. The van der Waals surface area contributed by atoms with Gasteiger partial charge in [0.2, 0.25) is 0 Å². The van der Waals surface area contributed by atoms with Crippen molar-refractivity contribution in [2.75, 3.05) is 52.9 Å². The van der Waals surface area contributed by atoms with Crippen molar-refractivity contribution in [3.63, 3.8) is 0 Å². The van der Waals surface area contributed by atoms with Gasteiger partial charge in [-0.05, 0) is 176 Å². The minimum Gasteiger partial charge on any atom is -0.377 e. The Labute approximate surface area is 441 Å². The highest BCUT2D eigenvalue weighted by atomic mass is 19.3. The Bertz CT molecular complexity index is 1370. The van der Waals surface area contributed by atoms with Gasteiger partial charge in [-0.1, -0.05) is 96.9 Å². The minimum absolute atomic E-state index is 0.106. The van der Waals surface area contributed by atoms with Gasteiger partial charge in [0.05, 0.1) is 87.5 Å². The Morgan fingerprint density at radius 2 is 0.847 bits per heavy atom. The molecule has 0 aromatic carbocycles. The fraction of sp³-hybridized carbons (Fsp3) is 1.00. The van der Waals surface area contributed by atoms with Gasteiger partial charge in [-0.3, -0.25) is 0 Å². The van der Waals surface area contributed by atoms with Gasteiger partial charge in [0.1, 0.15) is 12.3 Å². The number of rotatable bonds is 7. The highest BCUT2D eigenvalue weighted by molar-refractivity contribution is 4.99. The second-order valence-electron chi connectivity index (χ2n) is 27.7. The van der Waals surface area contributed by atoms with Crippen molar-refractivity contribution in [3.05, 3.63) is 0 Å². The van der Waals surface area contributed by atoms with Crippen molar-refractivity contribution >= 4 is 0 Å². The van der Waals surface area contributed by atoms with Crippen LogP contribution in [0.15, 0.2) is 0 Å². The molecule has 11 heteroatoms. The van der Waals surface area contributed by atoms with Gasteiger partial charge in [0.25, 0.3) is 5.92 Å². The first-order valence-electron chi connectivity index (χ1n) is 29.3. The quantitative estimate of drug-likeness (QED) is 0.250. The third kappa shape index (κ3) is 24.9. The zero-order chi connectivity index (χ0) is 54.3. The van der Waals surface area contributed by atoms with Crippen molar-refractivity contribution in [1.29, 1.82) is 0 Å². The number of ether oxygens (including phenoxy) is 8. The molecule has 2 aliphatic carbocycles. The molecular formula is C61H115F3O8. The summed E-state index contributed by atoms with van der Waals surface area (Å²) in [5, 5.41) is 0. The molecule has 8 atom stereocenters. The van der Waals surface area contributed by atoms with E-state index in [1.807, 2.05) is 13.8 Å². The standard InChI is InChI=1S/C10H18O.C10H20O.C9H17FO.C9H16O.C9H18O.C7H12F2O.C7H14O2/c1-8(2)9-3-4-10(5-6-10)7-11-9;1-8(2)9-5-6-11-10(3,4)7-9;1-7(2)8-4-5-9(3,10)6-11-8;1-7(2)8-5-9(3-4-9)6-10-8;1-7(2)8-5-6-9(3,4)10-8;1-5(2)6-3-7(8,9)4-10-6;1-6(2)7-5-8-3-4-9-7/h8-9H,3-7H2,1-2H3;8-9H,5-7H2,1-4H3;7-8H,4-6H2,1-3H3;7-8H,3-6H2,1-2H3;7-8H,5-6H2,1-4H3;5-6H,3-4H2,1-2H3;6-7H,3-5H2,1-2H3. The van der Waals surface area contributed by atoms with E-state index in [0.29, 0.717) is 65.3 Å². The van der Waals surface area contributed by atoms with Gasteiger partial charge >= 0.3 is 0 Å². The summed E-state index contributed by atoms with van der Waals surface area (Å²) >= 11 is 0. The molecule has 0 bridgehead atoms. The van der Waals surface area contributed by atoms with E-state index in [1.54, 1.807) is 6.92 Å². The van der Waals surface area contributed by atoms with Crippen molar-refractivity contribution in [2.45, 2.75) is 281 Å². The fourth-order valence-corrected chi connectivity index (χ4v) is 10.5. The molecule has 8 nitrogen and oxygen atoms in total. The first-order valence-corrected chi connectivity index (χ1v) is 29.3. The number of alkyl halides is 3. The lowest BCUT2D eigenvalue weighted by molar-refractivity contribution is -0.105. The van der Waals surface area contributed by atoms with Crippen LogP contribution in [0.2, 0.25) is 0 Å². The van der Waals surface area contributed by atoms with Gasteiger partial charge in [0, 0.05) is 13.0 Å². The summed E-state index contributed by atoms with van der Waals surface area (Å²) in [6.07, 6.45) is 18.1. The molecule has 7 saturated heterocycles. The summed E-state index contributed by atoms with van der Waals surface area (Å²) < 4.78 is 81.9. The van der Waals surface area contributed by atoms with Crippen LogP contribution < -0.4 is 0 Å². The molecule has 428 valence electrons.